The molecule has 0 atom stereocenters. The Bertz CT molecular complexity index is 677. The monoisotopic (exact) mass is 284 g/mol. The quantitative estimate of drug-likeness (QED) is 0.798. The van der Waals surface area contributed by atoms with Gasteiger partial charge >= 0.3 is 6.03 Å². The van der Waals surface area contributed by atoms with Crippen LogP contribution in [0.15, 0.2) is 36.5 Å². The molecule has 3 N–H and O–H groups in total. The zero-order chi connectivity index (χ0) is 14.7. The van der Waals surface area contributed by atoms with E-state index in [1.165, 1.54) is 0 Å². The van der Waals surface area contributed by atoms with Gasteiger partial charge in [-0.2, -0.15) is 0 Å². The van der Waals surface area contributed by atoms with Gasteiger partial charge in [0.05, 0.1) is 17.7 Å². The van der Waals surface area contributed by atoms with Gasteiger partial charge < -0.3 is 16.0 Å². The van der Waals surface area contributed by atoms with Gasteiger partial charge in [-0.3, -0.25) is 9.78 Å². The van der Waals surface area contributed by atoms with Gasteiger partial charge in [0.25, 0.3) is 0 Å². The molecule has 1 heterocycles. The number of pyridine rings is 1. The minimum absolute atomic E-state index is 0.0677. The van der Waals surface area contributed by atoms with E-state index in [-0.39, 0.29) is 24.5 Å². The van der Waals surface area contributed by atoms with Crippen LogP contribution in [0.1, 0.15) is 12.8 Å². The number of aromatic nitrogens is 1. The van der Waals surface area contributed by atoms with Gasteiger partial charge in [-0.1, -0.05) is 18.2 Å². The number of urea groups is 1. The molecule has 0 aliphatic heterocycles. The molecule has 1 aliphatic carbocycles. The number of hydrogen-bond acceptors (Lipinski definition) is 3. The number of benzene rings is 1. The predicted molar refractivity (Wildman–Crippen MR) is 79.9 cm³/mol. The van der Waals surface area contributed by atoms with Crippen LogP contribution in [0, 0.1) is 0 Å². The van der Waals surface area contributed by atoms with Gasteiger partial charge in [0, 0.05) is 17.6 Å². The second-order valence-corrected chi connectivity index (χ2v) is 5.03. The third kappa shape index (κ3) is 3.47. The molecule has 0 radical (unpaired) electrons. The van der Waals surface area contributed by atoms with Crippen LogP contribution in [-0.2, 0) is 4.79 Å². The first-order valence-electron chi connectivity index (χ1n) is 6.90. The molecule has 1 aromatic carbocycles. The van der Waals surface area contributed by atoms with E-state index in [0.717, 1.165) is 23.7 Å². The minimum atomic E-state index is -0.302. The summed E-state index contributed by atoms with van der Waals surface area (Å²) in [5.41, 5.74) is 1.37. The summed E-state index contributed by atoms with van der Waals surface area (Å²) >= 11 is 0. The first-order chi connectivity index (χ1) is 10.2. The third-order valence-corrected chi connectivity index (χ3v) is 3.23. The molecule has 6 heteroatoms. The fraction of sp³-hybridized carbons (Fsp3) is 0.267. The Morgan fingerprint density at radius 2 is 2.00 bits per heavy atom. The molecular weight excluding hydrogens is 268 g/mol. The lowest BCUT2D eigenvalue weighted by atomic mass is 10.2. The molecule has 1 aliphatic rings. The lowest BCUT2D eigenvalue weighted by molar-refractivity contribution is -0.115. The van der Waals surface area contributed by atoms with Crippen LogP contribution in [0.25, 0.3) is 10.9 Å². The molecule has 1 aromatic heterocycles. The SMILES string of the molecule is O=C(CNC(=O)NC1CC1)Nc1cccc2cccnc12. The predicted octanol–water partition coefficient (Wildman–Crippen LogP) is 1.63. The van der Waals surface area contributed by atoms with Crippen LogP contribution in [0.5, 0.6) is 0 Å². The van der Waals surface area contributed by atoms with E-state index in [2.05, 4.69) is 20.9 Å². The van der Waals surface area contributed by atoms with Crippen molar-refractivity contribution in [2.45, 2.75) is 18.9 Å². The number of carbonyl (C=O) groups is 2. The molecule has 0 bridgehead atoms. The van der Waals surface area contributed by atoms with Crippen LogP contribution in [-0.4, -0.2) is 29.5 Å². The van der Waals surface area contributed by atoms with Crippen molar-refractivity contribution in [1.82, 2.24) is 15.6 Å². The number of nitrogens with one attached hydrogen (secondary N) is 3. The lowest BCUT2D eigenvalue weighted by Crippen LogP contribution is -2.40. The average molecular weight is 284 g/mol. The van der Waals surface area contributed by atoms with Crippen molar-refractivity contribution in [3.8, 4) is 0 Å². The summed E-state index contributed by atoms with van der Waals surface area (Å²) in [6.07, 6.45) is 3.71. The molecule has 0 saturated heterocycles. The second kappa shape index (κ2) is 5.78. The normalized spacial score (nSPS) is 13.7. The molecule has 6 nitrogen and oxygen atoms in total. The number of amides is 3. The number of fused-ring (bicyclic) bond motifs is 1. The van der Waals surface area contributed by atoms with Gasteiger partial charge in [0.1, 0.15) is 0 Å². The average Bonchev–Trinajstić information content (AvgIpc) is 3.29. The van der Waals surface area contributed by atoms with E-state index in [1.54, 1.807) is 12.3 Å². The number of nitrogens with zero attached hydrogens (tertiary/aromatic N) is 1. The van der Waals surface area contributed by atoms with Crippen LogP contribution in [0.2, 0.25) is 0 Å². The van der Waals surface area contributed by atoms with E-state index in [0.29, 0.717) is 5.69 Å². The number of rotatable bonds is 4. The lowest BCUT2D eigenvalue weighted by Gasteiger charge is -2.09. The summed E-state index contributed by atoms with van der Waals surface area (Å²) in [7, 11) is 0. The summed E-state index contributed by atoms with van der Waals surface area (Å²) in [5.74, 6) is -0.279. The van der Waals surface area contributed by atoms with E-state index >= 15 is 0 Å². The minimum Gasteiger partial charge on any atom is -0.335 e. The Morgan fingerprint density at radius 3 is 2.81 bits per heavy atom. The second-order valence-electron chi connectivity index (χ2n) is 5.03. The van der Waals surface area contributed by atoms with Gasteiger partial charge in [-0.25, -0.2) is 4.79 Å². The van der Waals surface area contributed by atoms with Gasteiger partial charge in [-0.15, -0.1) is 0 Å². The fourth-order valence-electron chi connectivity index (χ4n) is 2.02. The molecule has 0 spiro atoms. The van der Waals surface area contributed by atoms with Crippen LogP contribution >= 0.6 is 0 Å². The van der Waals surface area contributed by atoms with Crippen LogP contribution < -0.4 is 16.0 Å². The molecule has 3 amide bonds. The summed E-state index contributed by atoms with van der Waals surface area (Å²) in [5, 5.41) is 9.02. The van der Waals surface area contributed by atoms with Gasteiger partial charge in [-0.05, 0) is 25.0 Å². The van der Waals surface area contributed by atoms with Crippen molar-refractivity contribution < 1.29 is 9.59 Å². The van der Waals surface area contributed by atoms with Crippen molar-refractivity contribution in [3.05, 3.63) is 36.5 Å². The number of anilines is 1. The Kier molecular flexibility index (Phi) is 3.68. The van der Waals surface area contributed by atoms with E-state index in [1.807, 2.05) is 24.3 Å². The number of hydrogen-bond donors (Lipinski definition) is 3. The Balaban J connectivity index is 1.59. The van der Waals surface area contributed by atoms with Crippen LogP contribution in [0.4, 0.5) is 10.5 Å². The Hall–Kier alpha value is -2.63. The molecule has 1 saturated carbocycles. The summed E-state index contributed by atoms with van der Waals surface area (Å²) < 4.78 is 0. The topological polar surface area (TPSA) is 83.1 Å². The number of carbonyl (C=O) groups excluding carboxylic acids is 2. The molecular formula is C15H16N4O2. The Labute approximate surface area is 121 Å². The largest absolute Gasteiger partial charge is 0.335 e. The van der Waals surface area contributed by atoms with E-state index in [9.17, 15) is 9.59 Å². The first kappa shape index (κ1) is 13.4. The third-order valence-electron chi connectivity index (χ3n) is 3.23. The van der Waals surface area contributed by atoms with Crippen molar-refractivity contribution >= 4 is 28.5 Å². The maximum absolute atomic E-state index is 11.9. The van der Waals surface area contributed by atoms with Crippen molar-refractivity contribution in [3.63, 3.8) is 0 Å². The van der Waals surface area contributed by atoms with Crippen molar-refractivity contribution in [2.75, 3.05) is 11.9 Å². The zero-order valence-corrected chi connectivity index (χ0v) is 11.4. The maximum atomic E-state index is 11.9. The van der Waals surface area contributed by atoms with Gasteiger partial charge in [0.15, 0.2) is 0 Å². The van der Waals surface area contributed by atoms with Crippen molar-refractivity contribution in [1.29, 1.82) is 0 Å². The first-order valence-corrected chi connectivity index (χ1v) is 6.90. The van der Waals surface area contributed by atoms with E-state index in [4.69, 9.17) is 0 Å². The number of para-hydroxylation sites is 1. The Morgan fingerprint density at radius 1 is 1.19 bits per heavy atom. The highest BCUT2D eigenvalue weighted by molar-refractivity contribution is 6.01. The highest BCUT2D eigenvalue weighted by Gasteiger charge is 2.23. The molecule has 21 heavy (non-hydrogen) atoms. The molecule has 3 rings (SSSR count). The highest BCUT2D eigenvalue weighted by Crippen LogP contribution is 2.20. The summed E-state index contributed by atoms with van der Waals surface area (Å²) in [6.45, 7) is -0.0677. The van der Waals surface area contributed by atoms with Crippen molar-refractivity contribution in [2.24, 2.45) is 0 Å². The molecule has 1 fully saturated rings. The van der Waals surface area contributed by atoms with E-state index < -0.39 is 0 Å². The fourth-order valence-corrected chi connectivity index (χ4v) is 2.02. The molecule has 0 unspecified atom stereocenters. The maximum Gasteiger partial charge on any atom is 0.315 e. The summed E-state index contributed by atoms with van der Waals surface area (Å²) in [6, 6.07) is 9.32. The smallest absolute Gasteiger partial charge is 0.315 e. The van der Waals surface area contributed by atoms with Gasteiger partial charge in [0.2, 0.25) is 5.91 Å². The highest BCUT2D eigenvalue weighted by atomic mass is 16.2. The zero-order valence-electron chi connectivity index (χ0n) is 11.4. The molecule has 108 valence electrons. The molecule has 2 aromatic rings. The summed E-state index contributed by atoms with van der Waals surface area (Å²) in [4.78, 5) is 27.6. The van der Waals surface area contributed by atoms with Crippen LogP contribution in [0.3, 0.4) is 0 Å². The standard InChI is InChI=1S/C15H16N4O2/c20-13(9-17-15(21)18-11-6-7-11)19-12-5-1-3-10-4-2-8-16-14(10)12/h1-5,8,11H,6-7,9H2,(H,19,20)(H2,17,18,21).